The van der Waals surface area contributed by atoms with Crippen LogP contribution in [0.2, 0.25) is 5.02 Å². The summed E-state index contributed by atoms with van der Waals surface area (Å²) in [4.78, 5) is 13.7. The highest BCUT2D eigenvalue weighted by Crippen LogP contribution is 2.40. The molecule has 1 amide bonds. The lowest BCUT2D eigenvalue weighted by Gasteiger charge is -2.32. The number of carbonyl (C=O) groups excluding carboxylic acids is 1. The Morgan fingerprint density at radius 2 is 1.96 bits per heavy atom. The number of hydrogen-bond acceptors (Lipinski definition) is 3. The highest BCUT2D eigenvalue weighted by Gasteiger charge is 2.32. The van der Waals surface area contributed by atoms with Crippen molar-refractivity contribution in [1.82, 2.24) is 0 Å². The fraction of sp³-hybridized carbons (Fsp3) is 0.278. The largest absolute Gasteiger partial charge is 0.479 e. The average Bonchev–Trinajstić information content (AvgIpc) is 2.57. The van der Waals surface area contributed by atoms with Crippen LogP contribution in [0.4, 0.5) is 18.9 Å². The fourth-order valence-corrected chi connectivity index (χ4v) is 2.89. The fourth-order valence-electron chi connectivity index (χ4n) is 2.67. The van der Waals surface area contributed by atoms with Crippen LogP contribution in [-0.2, 0) is 11.0 Å². The molecule has 26 heavy (non-hydrogen) atoms. The second-order valence-corrected chi connectivity index (χ2v) is 6.12. The molecule has 0 aliphatic carbocycles. The van der Waals surface area contributed by atoms with E-state index in [2.05, 4.69) is 0 Å². The minimum absolute atomic E-state index is 0.0897. The summed E-state index contributed by atoms with van der Waals surface area (Å²) in [6.45, 7) is 3.99. The smallest absolute Gasteiger partial charge is 0.416 e. The predicted octanol–water partition coefficient (Wildman–Crippen LogP) is 5.28. The maximum Gasteiger partial charge on any atom is 0.416 e. The number of alkyl halides is 3. The van der Waals surface area contributed by atoms with E-state index < -0.39 is 17.8 Å². The van der Waals surface area contributed by atoms with E-state index in [4.69, 9.17) is 21.1 Å². The van der Waals surface area contributed by atoms with Gasteiger partial charge in [-0.3, -0.25) is 4.79 Å². The van der Waals surface area contributed by atoms with E-state index in [0.717, 1.165) is 18.2 Å². The van der Waals surface area contributed by atoms with Crippen molar-refractivity contribution in [2.24, 2.45) is 0 Å². The zero-order chi connectivity index (χ0) is 19.1. The highest BCUT2D eigenvalue weighted by molar-refractivity contribution is 6.32. The van der Waals surface area contributed by atoms with Crippen molar-refractivity contribution in [1.29, 1.82) is 0 Å². The molecule has 1 atom stereocenters. The first kappa shape index (κ1) is 18.4. The molecule has 0 N–H and O–H groups in total. The van der Waals surface area contributed by atoms with E-state index in [1.54, 1.807) is 30.0 Å². The monoisotopic (exact) mass is 385 g/mol. The van der Waals surface area contributed by atoms with Gasteiger partial charge in [-0.05, 0) is 44.2 Å². The Labute approximate surface area is 153 Å². The van der Waals surface area contributed by atoms with Crippen LogP contribution in [0.5, 0.6) is 17.2 Å². The van der Waals surface area contributed by atoms with Gasteiger partial charge in [0.1, 0.15) is 17.2 Å². The maximum absolute atomic E-state index is 12.7. The van der Waals surface area contributed by atoms with Gasteiger partial charge in [-0.1, -0.05) is 11.6 Å². The highest BCUT2D eigenvalue weighted by atomic mass is 35.5. The standard InChI is InChI=1S/C18H15ClF3NO3/c1-3-23-14-6-5-12(9-16(14)25-10(2)17(23)24)26-15-7-4-11(8-13(15)19)18(20,21)22/h4-10H,3H2,1-2H3. The molecule has 0 spiro atoms. The van der Waals surface area contributed by atoms with Crippen molar-refractivity contribution in [3.63, 3.8) is 0 Å². The van der Waals surface area contributed by atoms with Crippen LogP contribution >= 0.6 is 11.6 Å². The van der Waals surface area contributed by atoms with Gasteiger partial charge in [-0.15, -0.1) is 0 Å². The van der Waals surface area contributed by atoms with Crippen molar-refractivity contribution < 1.29 is 27.4 Å². The van der Waals surface area contributed by atoms with Crippen molar-refractivity contribution >= 4 is 23.2 Å². The first-order valence-corrected chi connectivity index (χ1v) is 8.25. The van der Waals surface area contributed by atoms with E-state index in [9.17, 15) is 18.0 Å². The van der Waals surface area contributed by atoms with E-state index >= 15 is 0 Å². The molecule has 1 heterocycles. The first-order chi connectivity index (χ1) is 12.2. The van der Waals surface area contributed by atoms with Gasteiger partial charge in [0, 0.05) is 12.6 Å². The number of likely N-dealkylation sites (N-methyl/N-ethyl adjacent to an activating group) is 1. The molecule has 0 radical (unpaired) electrons. The molecule has 0 bridgehead atoms. The van der Waals surface area contributed by atoms with Crippen molar-refractivity contribution in [3.8, 4) is 17.2 Å². The zero-order valence-electron chi connectivity index (χ0n) is 13.9. The number of benzene rings is 2. The molecular formula is C18H15ClF3NO3. The minimum Gasteiger partial charge on any atom is -0.479 e. The predicted molar refractivity (Wildman–Crippen MR) is 91.1 cm³/mol. The molecule has 138 valence electrons. The summed E-state index contributed by atoms with van der Waals surface area (Å²) in [6.07, 6.45) is -5.11. The van der Waals surface area contributed by atoms with Gasteiger partial charge in [0.15, 0.2) is 6.10 Å². The summed E-state index contributed by atoms with van der Waals surface area (Å²) in [6, 6.07) is 7.71. The summed E-state index contributed by atoms with van der Waals surface area (Å²) in [7, 11) is 0. The third-order valence-corrected chi connectivity index (χ3v) is 4.24. The summed E-state index contributed by atoms with van der Waals surface area (Å²) in [5.74, 6) is 0.744. The van der Waals surface area contributed by atoms with Crippen LogP contribution in [-0.4, -0.2) is 18.6 Å². The average molecular weight is 386 g/mol. The number of ether oxygens (including phenoxy) is 2. The van der Waals surface area contributed by atoms with Gasteiger partial charge in [0.25, 0.3) is 5.91 Å². The van der Waals surface area contributed by atoms with E-state index in [0.29, 0.717) is 23.7 Å². The van der Waals surface area contributed by atoms with Crippen molar-refractivity contribution in [3.05, 3.63) is 47.0 Å². The normalized spacial score (nSPS) is 16.9. The number of halogens is 4. The van der Waals surface area contributed by atoms with Gasteiger partial charge < -0.3 is 14.4 Å². The summed E-state index contributed by atoms with van der Waals surface area (Å²) < 4.78 is 49.3. The number of amides is 1. The molecule has 0 fully saturated rings. The summed E-state index contributed by atoms with van der Waals surface area (Å²) in [5.41, 5.74) is -0.240. The van der Waals surface area contributed by atoms with E-state index in [1.807, 2.05) is 6.92 Å². The van der Waals surface area contributed by atoms with E-state index in [1.165, 1.54) is 0 Å². The van der Waals surface area contributed by atoms with Crippen molar-refractivity contribution in [2.45, 2.75) is 26.1 Å². The van der Waals surface area contributed by atoms with Crippen LogP contribution in [0.1, 0.15) is 19.4 Å². The topological polar surface area (TPSA) is 38.8 Å². The molecule has 2 aromatic carbocycles. The second kappa shape index (κ2) is 6.72. The number of rotatable bonds is 3. The Morgan fingerprint density at radius 1 is 1.23 bits per heavy atom. The molecular weight excluding hydrogens is 371 g/mol. The lowest BCUT2D eigenvalue weighted by atomic mass is 10.1. The van der Waals surface area contributed by atoms with Crippen LogP contribution in [0.25, 0.3) is 0 Å². The van der Waals surface area contributed by atoms with Gasteiger partial charge in [0.2, 0.25) is 0 Å². The minimum atomic E-state index is -4.48. The summed E-state index contributed by atoms with van der Waals surface area (Å²) in [5, 5.41) is -0.155. The van der Waals surface area contributed by atoms with Crippen LogP contribution < -0.4 is 14.4 Å². The molecule has 0 saturated heterocycles. The van der Waals surface area contributed by atoms with E-state index in [-0.39, 0.29) is 16.7 Å². The van der Waals surface area contributed by atoms with Gasteiger partial charge in [-0.25, -0.2) is 0 Å². The molecule has 8 heteroatoms. The van der Waals surface area contributed by atoms with Gasteiger partial charge in [-0.2, -0.15) is 13.2 Å². The van der Waals surface area contributed by atoms with Crippen LogP contribution in [0.15, 0.2) is 36.4 Å². The van der Waals surface area contributed by atoms with Crippen molar-refractivity contribution in [2.75, 3.05) is 11.4 Å². The Bertz CT molecular complexity index is 854. The first-order valence-electron chi connectivity index (χ1n) is 7.87. The third kappa shape index (κ3) is 3.44. The lowest BCUT2D eigenvalue weighted by molar-refractivity contribution is -0.137. The Balaban J connectivity index is 1.88. The number of anilines is 1. The van der Waals surface area contributed by atoms with Gasteiger partial charge >= 0.3 is 6.18 Å². The molecule has 2 aromatic rings. The number of hydrogen-bond donors (Lipinski definition) is 0. The maximum atomic E-state index is 12.7. The molecule has 0 aromatic heterocycles. The lowest BCUT2D eigenvalue weighted by Crippen LogP contribution is -2.44. The molecule has 0 saturated carbocycles. The number of fused-ring (bicyclic) bond motifs is 1. The third-order valence-electron chi connectivity index (χ3n) is 3.94. The second-order valence-electron chi connectivity index (χ2n) is 5.72. The zero-order valence-corrected chi connectivity index (χ0v) is 14.7. The van der Waals surface area contributed by atoms with Crippen LogP contribution in [0, 0.1) is 0 Å². The summed E-state index contributed by atoms with van der Waals surface area (Å²) >= 11 is 5.91. The Hall–Kier alpha value is -2.41. The Morgan fingerprint density at radius 3 is 2.58 bits per heavy atom. The van der Waals surface area contributed by atoms with Gasteiger partial charge in [0.05, 0.1) is 16.3 Å². The van der Waals surface area contributed by atoms with Crippen LogP contribution in [0.3, 0.4) is 0 Å². The number of nitrogens with zero attached hydrogens (tertiary/aromatic N) is 1. The Kier molecular flexibility index (Phi) is 4.75. The molecule has 1 unspecified atom stereocenters. The quantitative estimate of drug-likeness (QED) is 0.721. The molecule has 1 aliphatic heterocycles. The number of carbonyl (C=O) groups is 1. The SMILES string of the molecule is CCN1C(=O)C(C)Oc2cc(Oc3ccc(C(F)(F)F)cc3Cl)ccc21. The molecule has 1 aliphatic rings. The molecule has 4 nitrogen and oxygen atoms in total. The molecule has 3 rings (SSSR count).